The molecule has 2 N–H and O–H groups in total. The van der Waals surface area contributed by atoms with Crippen molar-refractivity contribution < 1.29 is 9.18 Å². The van der Waals surface area contributed by atoms with E-state index in [1.807, 2.05) is 19.1 Å². The Morgan fingerprint density at radius 2 is 1.85 bits per heavy atom. The molecule has 5 rings (SSSR count). The van der Waals surface area contributed by atoms with E-state index in [0.717, 1.165) is 22.8 Å². The molecule has 0 radical (unpaired) electrons. The monoisotopic (exact) mass is 551 g/mol. The summed E-state index contributed by atoms with van der Waals surface area (Å²) in [5.74, 6) is 0.737. The maximum atomic E-state index is 13.6. The van der Waals surface area contributed by atoms with E-state index < -0.39 is 5.82 Å². The van der Waals surface area contributed by atoms with E-state index in [4.69, 9.17) is 5.26 Å². The van der Waals surface area contributed by atoms with Gasteiger partial charge in [0, 0.05) is 53.6 Å². The van der Waals surface area contributed by atoms with Crippen molar-refractivity contribution in [2.24, 2.45) is 0 Å². The number of hydrogen-bond acceptors (Lipinski definition) is 10. The number of amides is 1. The minimum absolute atomic E-state index is 0.246. The van der Waals surface area contributed by atoms with E-state index >= 15 is 0 Å². The summed E-state index contributed by atoms with van der Waals surface area (Å²) in [6.45, 7) is 5.68. The van der Waals surface area contributed by atoms with Gasteiger partial charge >= 0.3 is 0 Å². The van der Waals surface area contributed by atoms with Gasteiger partial charge in [-0.05, 0) is 61.6 Å². The van der Waals surface area contributed by atoms with Crippen molar-refractivity contribution in [2.75, 3.05) is 5.32 Å². The average molecular weight is 552 g/mol. The number of rotatable bonds is 7. The van der Waals surface area contributed by atoms with E-state index in [0.29, 0.717) is 50.4 Å². The maximum Gasteiger partial charge on any atom is 0.270 e. The smallest absolute Gasteiger partial charge is 0.270 e. The van der Waals surface area contributed by atoms with Gasteiger partial charge in [0.1, 0.15) is 34.1 Å². The fourth-order valence-electron chi connectivity index (χ4n) is 3.94. The molecule has 40 heavy (non-hydrogen) atoms. The molecule has 0 atom stereocenters. The van der Waals surface area contributed by atoms with E-state index in [2.05, 4.69) is 46.0 Å². The van der Waals surface area contributed by atoms with Crippen LogP contribution in [0.5, 0.6) is 0 Å². The molecule has 5 heterocycles. The number of aromatic nitrogens is 6. The molecule has 0 saturated heterocycles. The minimum atomic E-state index is -0.426. The molecule has 0 bridgehead atoms. The summed E-state index contributed by atoms with van der Waals surface area (Å²) in [6.07, 6.45) is 4.37. The summed E-state index contributed by atoms with van der Waals surface area (Å²) >= 11 is 1.10. The second kappa shape index (κ2) is 11.3. The molecule has 0 fully saturated rings. The first-order valence-electron chi connectivity index (χ1n) is 12.1. The van der Waals surface area contributed by atoms with Crippen molar-refractivity contribution in [3.05, 3.63) is 93.9 Å². The van der Waals surface area contributed by atoms with Crippen LogP contribution in [-0.4, -0.2) is 35.2 Å². The molecule has 1 amide bonds. The third kappa shape index (κ3) is 5.95. The van der Waals surface area contributed by atoms with Crippen LogP contribution in [0.25, 0.3) is 22.6 Å². The maximum absolute atomic E-state index is 13.6. The Morgan fingerprint density at radius 3 is 2.58 bits per heavy atom. The number of halogens is 1. The highest BCUT2D eigenvalue weighted by atomic mass is 32.1. The van der Waals surface area contributed by atoms with Crippen LogP contribution in [0.15, 0.2) is 55.0 Å². The van der Waals surface area contributed by atoms with Gasteiger partial charge in [0.05, 0.1) is 11.9 Å². The van der Waals surface area contributed by atoms with Gasteiger partial charge in [0.15, 0.2) is 5.82 Å². The molecule has 0 aliphatic heterocycles. The van der Waals surface area contributed by atoms with Crippen LogP contribution in [0.3, 0.4) is 0 Å². The lowest BCUT2D eigenvalue weighted by Gasteiger charge is -2.10. The van der Waals surface area contributed by atoms with E-state index in [1.165, 1.54) is 12.3 Å². The lowest BCUT2D eigenvalue weighted by atomic mass is 10.1. The number of anilines is 2. The minimum Gasteiger partial charge on any atom is -0.347 e. The van der Waals surface area contributed by atoms with Crippen LogP contribution in [0.1, 0.15) is 37.9 Å². The summed E-state index contributed by atoms with van der Waals surface area (Å²) in [4.78, 5) is 35.2. The Balaban J connectivity index is 1.27. The Morgan fingerprint density at radius 1 is 1.00 bits per heavy atom. The first kappa shape index (κ1) is 26.5. The van der Waals surface area contributed by atoms with Crippen molar-refractivity contribution in [3.63, 3.8) is 0 Å². The number of nitriles is 1. The van der Waals surface area contributed by atoms with Crippen molar-refractivity contribution >= 4 is 29.1 Å². The molecular formula is C28H22FN9OS. The molecule has 12 heteroatoms. The van der Waals surface area contributed by atoms with Gasteiger partial charge in [-0.25, -0.2) is 14.4 Å². The molecule has 198 valence electrons. The van der Waals surface area contributed by atoms with E-state index in [9.17, 15) is 9.18 Å². The van der Waals surface area contributed by atoms with Gasteiger partial charge in [-0.1, -0.05) is 6.07 Å². The van der Waals surface area contributed by atoms with Crippen LogP contribution in [0, 0.1) is 37.9 Å². The fraction of sp³-hybridized carbons (Fsp3) is 0.143. The van der Waals surface area contributed by atoms with Crippen LogP contribution >= 0.6 is 11.5 Å². The number of nitrogens with zero attached hydrogens (tertiary/aromatic N) is 7. The highest BCUT2D eigenvalue weighted by molar-refractivity contribution is 7.06. The van der Waals surface area contributed by atoms with Crippen molar-refractivity contribution in [3.8, 4) is 28.7 Å². The van der Waals surface area contributed by atoms with Crippen LogP contribution < -0.4 is 10.6 Å². The first-order chi connectivity index (χ1) is 19.3. The van der Waals surface area contributed by atoms with Crippen molar-refractivity contribution in [1.29, 1.82) is 5.26 Å². The second-order valence-corrected chi connectivity index (χ2v) is 9.75. The normalized spacial score (nSPS) is 10.7. The Hall–Kier alpha value is -5.15. The summed E-state index contributed by atoms with van der Waals surface area (Å²) in [7, 11) is 0. The topological polar surface area (TPSA) is 142 Å². The number of hydrogen-bond donors (Lipinski definition) is 2. The molecule has 0 spiro atoms. The molecular weight excluding hydrogens is 529 g/mol. The number of aryl methyl sites for hydroxylation is 3. The highest BCUT2D eigenvalue weighted by Crippen LogP contribution is 2.23. The second-order valence-electron chi connectivity index (χ2n) is 8.94. The predicted octanol–water partition coefficient (Wildman–Crippen LogP) is 5.06. The van der Waals surface area contributed by atoms with Crippen LogP contribution in [-0.2, 0) is 6.54 Å². The Kier molecular flexibility index (Phi) is 7.48. The van der Waals surface area contributed by atoms with Gasteiger partial charge in [-0.3, -0.25) is 19.7 Å². The number of carbonyl (C=O) groups is 1. The first-order valence-corrected chi connectivity index (χ1v) is 12.9. The molecule has 0 aliphatic carbocycles. The van der Waals surface area contributed by atoms with Crippen molar-refractivity contribution in [1.82, 2.24) is 34.6 Å². The quantitative estimate of drug-likeness (QED) is 0.284. The standard InChI is InChI=1S/C28H22FN9OS/c1-15-6-19(27-35-16(2)7-24(37-27)36-25-9-21(10-30)40-38-25)13-33-26(15)28(39)34-12-18-4-5-23(32-11-18)22-8-20(29)14-31-17(22)3/h4-9,11,13-14H,12H2,1-3H3,(H,34,39)(H,35,36,37,38). The number of carbonyl (C=O) groups excluding carboxylic acids is 1. The summed E-state index contributed by atoms with van der Waals surface area (Å²) in [5, 5.41) is 15.0. The Bertz CT molecular complexity index is 1760. The van der Waals surface area contributed by atoms with Crippen LogP contribution in [0.2, 0.25) is 0 Å². The number of nitrogens with one attached hydrogen (secondary N) is 2. The highest BCUT2D eigenvalue weighted by Gasteiger charge is 2.15. The average Bonchev–Trinajstić information content (AvgIpc) is 3.40. The SMILES string of the molecule is Cc1cc(Nc2cc(C#N)sn2)nc(-c2cnc(C(=O)NCc3ccc(-c4cc(F)cnc4C)nc3)c(C)c2)n1. The van der Waals surface area contributed by atoms with Gasteiger partial charge in [-0.2, -0.15) is 9.64 Å². The number of pyridine rings is 3. The summed E-state index contributed by atoms with van der Waals surface area (Å²) in [6, 6.07) is 12.3. The zero-order valence-corrected chi connectivity index (χ0v) is 22.5. The zero-order chi connectivity index (χ0) is 28.2. The van der Waals surface area contributed by atoms with Gasteiger partial charge in [0.25, 0.3) is 5.91 Å². The lowest BCUT2D eigenvalue weighted by Crippen LogP contribution is -2.24. The third-order valence-electron chi connectivity index (χ3n) is 5.89. The largest absolute Gasteiger partial charge is 0.347 e. The molecule has 5 aromatic rings. The van der Waals surface area contributed by atoms with E-state index in [-0.39, 0.29) is 18.1 Å². The molecule has 10 nitrogen and oxygen atoms in total. The van der Waals surface area contributed by atoms with E-state index in [1.54, 1.807) is 44.4 Å². The fourth-order valence-corrected chi connectivity index (χ4v) is 4.44. The molecule has 0 aromatic carbocycles. The molecule has 5 aromatic heterocycles. The zero-order valence-electron chi connectivity index (χ0n) is 21.7. The summed E-state index contributed by atoms with van der Waals surface area (Å²) < 4.78 is 17.8. The molecule has 0 unspecified atom stereocenters. The molecule has 0 aliphatic rings. The van der Waals surface area contributed by atoms with Gasteiger partial charge in [0.2, 0.25) is 0 Å². The van der Waals surface area contributed by atoms with Gasteiger partial charge < -0.3 is 10.6 Å². The van der Waals surface area contributed by atoms with Crippen LogP contribution in [0.4, 0.5) is 16.0 Å². The Labute approximate surface area is 233 Å². The molecule has 0 saturated carbocycles. The third-order valence-corrected chi connectivity index (χ3v) is 6.58. The summed E-state index contributed by atoms with van der Waals surface area (Å²) in [5.41, 5.74) is 5.00. The van der Waals surface area contributed by atoms with Gasteiger partial charge in [-0.15, -0.1) is 0 Å². The van der Waals surface area contributed by atoms with Crippen molar-refractivity contribution in [2.45, 2.75) is 27.3 Å². The predicted molar refractivity (Wildman–Crippen MR) is 148 cm³/mol. The lowest BCUT2D eigenvalue weighted by molar-refractivity contribution is 0.0945.